The van der Waals surface area contributed by atoms with E-state index in [0.717, 1.165) is 26.6 Å². The quantitative estimate of drug-likeness (QED) is 0.913. The maximum atomic E-state index is 4.17. The number of pyridine rings is 1. The third-order valence-corrected chi connectivity index (χ3v) is 3.59. The minimum atomic E-state index is 0.611. The van der Waals surface area contributed by atoms with Crippen LogP contribution in [0.15, 0.2) is 22.9 Å². The van der Waals surface area contributed by atoms with Crippen LogP contribution in [0.5, 0.6) is 0 Å². The van der Waals surface area contributed by atoms with Gasteiger partial charge in [0.15, 0.2) is 0 Å². The van der Waals surface area contributed by atoms with Crippen LogP contribution < -0.4 is 5.32 Å². The Hall–Kier alpha value is -1.01. The molecule has 0 bridgehead atoms. The third-order valence-electron chi connectivity index (χ3n) is 2.25. The number of anilines is 1. The molecule has 2 rings (SSSR count). The largest absolute Gasteiger partial charge is 0.356 e. The Morgan fingerprint density at radius 2 is 2.17 bits per heavy atom. The van der Waals surface area contributed by atoms with Crippen LogP contribution in [0, 0.1) is 5.92 Å². The van der Waals surface area contributed by atoms with E-state index in [0.29, 0.717) is 12.5 Å². The second kappa shape index (κ2) is 6.24. The number of aromatic nitrogens is 3. The molecule has 0 fully saturated rings. The normalized spacial score (nSPS) is 10.9. The van der Waals surface area contributed by atoms with Gasteiger partial charge in [0.2, 0.25) is 5.13 Å². The standard InChI is InChI=1S/C12H15BrN4S/c1-8(2)3-11-16-17-12(18-11)15-6-9-4-10(13)7-14-5-9/h4-5,7-8H,3,6H2,1-2H3,(H,15,17). The van der Waals surface area contributed by atoms with E-state index in [2.05, 4.69) is 50.3 Å². The number of halogens is 1. The average Bonchev–Trinajstić information content (AvgIpc) is 2.73. The van der Waals surface area contributed by atoms with Crippen molar-refractivity contribution in [3.8, 4) is 0 Å². The van der Waals surface area contributed by atoms with Crippen LogP contribution >= 0.6 is 27.3 Å². The lowest BCUT2D eigenvalue weighted by molar-refractivity contribution is 0.640. The fourth-order valence-corrected chi connectivity index (χ4v) is 2.85. The molecule has 0 saturated carbocycles. The van der Waals surface area contributed by atoms with Crippen molar-refractivity contribution in [1.82, 2.24) is 15.2 Å². The van der Waals surface area contributed by atoms with Gasteiger partial charge in [-0.15, -0.1) is 10.2 Å². The van der Waals surface area contributed by atoms with Crippen LogP contribution in [0.4, 0.5) is 5.13 Å². The topological polar surface area (TPSA) is 50.7 Å². The first kappa shape index (κ1) is 13.4. The molecule has 0 aliphatic carbocycles. The summed E-state index contributed by atoms with van der Waals surface area (Å²) in [6, 6.07) is 2.04. The zero-order valence-corrected chi connectivity index (χ0v) is 12.8. The van der Waals surface area contributed by atoms with Crippen LogP contribution in [-0.4, -0.2) is 15.2 Å². The number of nitrogens with zero attached hydrogens (tertiary/aromatic N) is 3. The first-order valence-corrected chi connectivity index (χ1v) is 7.40. The fourth-order valence-electron chi connectivity index (χ4n) is 1.49. The molecular weight excluding hydrogens is 312 g/mol. The number of nitrogens with one attached hydrogen (secondary N) is 1. The van der Waals surface area contributed by atoms with E-state index in [1.165, 1.54) is 0 Å². The highest BCUT2D eigenvalue weighted by atomic mass is 79.9. The molecule has 0 aromatic carbocycles. The van der Waals surface area contributed by atoms with Crippen LogP contribution in [0.1, 0.15) is 24.4 Å². The molecule has 0 saturated heterocycles. The minimum Gasteiger partial charge on any atom is -0.356 e. The maximum Gasteiger partial charge on any atom is 0.205 e. The Bertz CT molecular complexity index is 512. The molecule has 0 radical (unpaired) electrons. The SMILES string of the molecule is CC(C)Cc1nnc(NCc2cncc(Br)c2)s1. The average molecular weight is 327 g/mol. The van der Waals surface area contributed by atoms with Gasteiger partial charge in [0.25, 0.3) is 0 Å². The molecule has 0 amide bonds. The molecule has 2 heterocycles. The zero-order chi connectivity index (χ0) is 13.0. The molecule has 2 aromatic heterocycles. The lowest BCUT2D eigenvalue weighted by atomic mass is 10.1. The first-order valence-electron chi connectivity index (χ1n) is 5.79. The van der Waals surface area contributed by atoms with Crippen LogP contribution in [-0.2, 0) is 13.0 Å². The van der Waals surface area contributed by atoms with Crippen molar-refractivity contribution < 1.29 is 0 Å². The predicted molar refractivity (Wildman–Crippen MR) is 77.7 cm³/mol. The smallest absolute Gasteiger partial charge is 0.205 e. The first-order chi connectivity index (χ1) is 8.63. The molecule has 18 heavy (non-hydrogen) atoms. The van der Waals surface area contributed by atoms with Gasteiger partial charge in [0, 0.05) is 29.8 Å². The van der Waals surface area contributed by atoms with Crippen molar-refractivity contribution in [3.63, 3.8) is 0 Å². The molecule has 96 valence electrons. The molecular formula is C12H15BrN4S. The predicted octanol–water partition coefficient (Wildman–Crippen LogP) is 3.51. The Balaban J connectivity index is 1.92. The van der Waals surface area contributed by atoms with Crippen molar-refractivity contribution >= 4 is 32.4 Å². The zero-order valence-electron chi connectivity index (χ0n) is 10.4. The summed E-state index contributed by atoms with van der Waals surface area (Å²) in [7, 11) is 0. The Morgan fingerprint density at radius 1 is 1.33 bits per heavy atom. The van der Waals surface area contributed by atoms with E-state index in [-0.39, 0.29) is 0 Å². The summed E-state index contributed by atoms with van der Waals surface area (Å²) in [6.45, 7) is 5.08. The number of hydrogen-bond donors (Lipinski definition) is 1. The van der Waals surface area contributed by atoms with Crippen LogP contribution in [0.2, 0.25) is 0 Å². The lowest BCUT2D eigenvalue weighted by Gasteiger charge is -2.02. The van der Waals surface area contributed by atoms with Gasteiger partial charge in [-0.3, -0.25) is 4.98 Å². The van der Waals surface area contributed by atoms with Crippen molar-refractivity contribution in [2.75, 3.05) is 5.32 Å². The molecule has 2 aromatic rings. The Labute approximate surface area is 119 Å². The van der Waals surface area contributed by atoms with Crippen LogP contribution in [0.3, 0.4) is 0 Å². The van der Waals surface area contributed by atoms with E-state index >= 15 is 0 Å². The second-order valence-corrected chi connectivity index (χ2v) is 6.44. The van der Waals surface area contributed by atoms with Crippen LogP contribution in [0.25, 0.3) is 0 Å². The second-order valence-electron chi connectivity index (χ2n) is 4.46. The van der Waals surface area contributed by atoms with Crippen molar-refractivity contribution in [3.05, 3.63) is 33.5 Å². The molecule has 4 nitrogen and oxygen atoms in total. The fraction of sp³-hybridized carbons (Fsp3) is 0.417. The van der Waals surface area contributed by atoms with E-state index in [1.54, 1.807) is 17.5 Å². The maximum absolute atomic E-state index is 4.17. The van der Waals surface area contributed by atoms with Gasteiger partial charge in [-0.25, -0.2) is 0 Å². The van der Waals surface area contributed by atoms with E-state index in [1.807, 2.05) is 12.3 Å². The summed E-state index contributed by atoms with van der Waals surface area (Å²) in [5.41, 5.74) is 1.12. The lowest BCUT2D eigenvalue weighted by Crippen LogP contribution is -1.99. The molecule has 0 atom stereocenters. The summed E-state index contributed by atoms with van der Waals surface area (Å²) in [6.07, 6.45) is 4.60. The highest BCUT2D eigenvalue weighted by molar-refractivity contribution is 9.10. The highest BCUT2D eigenvalue weighted by Crippen LogP contribution is 2.19. The Morgan fingerprint density at radius 3 is 2.89 bits per heavy atom. The summed E-state index contributed by atoms with van der Waals surface area (Å²) in [5.74, 6) is 0.611. The molecule has 0 aliphatic rings. The number of rotatable bonds is 5. The van der Waals surface area contributed by atoms with Gasteiger partial charge in [0.1, 0.15) is 5.01 Å². The Kier molecular flexibility index (Phi) is 4.66. The van der Waals surface area contributed by atoms with Gasteiger partial charge < -0.3 is 5.32 Å². The van der Waals surface area contributed by atoms with E-state index < -0.39 is 0 Å². The van der Waals surface area contributed by atoms with Crippen molar-refractivity contribution in [1.29, 1.82) is 0 Å². The summed E-state index contributed by atoms with van der Waals surface area (Å²) >= 11 is 5.02. The van der Waals surface area contributed by atoms with Gasteiger partial charge in [0.05, 0.1) is 0 Å². The van der Waals surface area contributed by atoms with Crippen molar-refractivity contribution in [2.45, 2.75) is 26.8 Å². The molecule has 0 aliphatic heterocycles. The monoisotopic (exact) mass is 326 g/mol. The van der Waals surface area contributed by atoms with E-state index in [4.69, 9.17) is 0 Å². The molecule has 0 spiro atoms. The molecule has 1 N–H and O–H groups in total. The molecule has 0 unspecified atom stereocenters. The summed E-state index contributed by atoms with van der Waals surface area (Å²) in [5, 5.41) is 13.5. The van der Waals surface area contributed by atoms with Gasteiger partial charge in [-0.05, 0) is 33.5 Å². The summed E-state index contributed by atoms with van der Waals surface area (Å²) < 4.78 is 0.986. The van der Waals surface area contributed by atoms with Gasteiger partial charge in [-0.2, -0.15) is 0 Å². The minimum absolute atomic E-state index is 0.611. The van der Waals surface area contributed by atoms with E-state index in [9.17, 15) is 0 Å². The van der Waals surface area contributed by atoms with Crippen molar-refractivity contribution in [2.24, 2.45) is 5.92 Å². The molecule has 6 heteroatoms. The summed E-state index contributed by atoms with van der Waals surface area (Å²) in [4.78, 5) is 4.12. The number of hydrogen-bond acceptors (Lipinski definition) is 5. The highest BCUT2D eigenvalue weighted by Gasteiger charge is 2.06. The third kappa shape index (κ3) is 4.03. The van der Waals surface area contributed by atoms with Gasteiger partial charge in [-0.1, -0.05) is 25.2 Å². The van der Waals surface area contributed by atoms with Gasteiger partial charge >= 0.3 is 0 Å².